The van der Waals surface area contributed by atoms with Crippen molar-refractivity contribution in [2.75, 3.05) is 18.0 Å². The molecule has 1 aromatic rings. The third kappa shape index (κ3) is 2.33. The minimum atomic E-state index is -0.329. The quantitative estimate of drug-likeness (QED) is 0.797. The summed E-state index contributed by atoms with van der Waals surface area (Å²) in [6.45, 7) is 1.34. The van der Waals surface area contributed by atoms with Gasteiger partial charge in [-0.25, -0.2) is 4.39 Å². The van der Waals surface area contributed by atoms with Crippen molar-refractivity contribution in [3.8, 4) is 0 Å². The zero-order chi connectivity index (χ0) is 11.5. The van der Waals surface area contributed by atoms with Crippen LogP contribution in [0.25, 0.3) is 0 Å². The fourth-order valence-corrected chi connectivity index (χ4v) is 2.10. The van der Waals surface area contributed by atoms with Crippen molar-refractivity contribution in [1.82, 2.24) is 0 Å². The highest BCUT2D eigenvalue weighted by molar-refractivity contribution is 5.53. The van der Waals surface area contributed by atoms with Gasteiger partial charge >= 0.3 is 0 Å². The summed E-state index contributed by atoms with van der Waals surface area (Å²) in [5, 5.41) is 18.6. The Hall–Kier alpha value is -1.13. The van der Waals surface area contributed by atoms with E-state index < -0.39 is 0 Å². The first-order valence-corrected chi connectivity index (χ1v) is 5.53. The molecule has 0 saturated carbocycles. The van der Waals surface area contributed by atoms with Gasteiger partial charge in [-0.3, -0.25) is 0 Å². The Bertz CT molecular complexity index is 362. The predicted octanol–water partition coefficient (Wildman–Crippen LogP) is 1.28. The fraction of sp³-hybridized carbons (Fsp3) is 0.500. The van der Waals surface area contributed by atoms with E-state index in [1.807, 2.05) is 0 Å². The number of nitrogens with zero attached hydrogens (tertiary/aromatic N) is 1. The number of aliphatic hydroxyl groups excluding tert-OH is 2. The zero-order valence-electron chi connectivity index (χ0n) is 9.06. The van der Waals surface area contributed by atoms with Crippen LogP contribution >= 0.6 is 0 Å². The minimum Gasteiger partial charge on any atom is -0.393 e. The Morgan fingerprint density at radius 1 is 1.31 bits per heavy atom. The Morgan fingerprint density at radius 3 is 2.62 bits per heavy atom. The molecule has 3 nitrogen and oxygen atoms in total. The van der Waals surface area contributed by atoms with Gasteiger partial charge in [-0.1, -0.05) is 0 Å². The highest BCUT2D eigenvalue weighted by atomic mass is 19.1. The van der Waals surface area contributed by atoms with E-state index in [2.05, 4.69) is 4.90 Å². The van der Waals surface area contributed by atoms with Crippen LogP contribution in [0.4, 0.5) is 10.1 Å². The molecule has 1 saturated heterocycles. The second-order valence-corrected chi connectivity index (χ2v) is 4.15. The molecular formula is C12H16FNO2. The second-order valence-electron chi connectivity index (χ2n) is 4.15. The van der Waals surface area contributed by atoms with E-state index in [1.165, 1.54) is 12.1 Å². The number of halogens is 1. The average molecular weight is 225 g/mol. The Morgan fingerprint density at radius 2 is 2.00 bits per heavy atom. The number of anilines is 1. The Kier molecular flexibility index (Phi) is 3.41. The molecule has 0 spiro atoms. The van der Waals surface area contributed by atoms with Crippen LogP contribution in [-0.2, 0) is 6.61 Å². The predicted molar refractivity (Wildman–Crippen MR) is 59.8 cm³/mol. The van der Waals surface area contributed by atoms with Gasteiger partial charge in [0.15, 0.2) is 0 Å². The third-order valence-electron chi connectivity index (χ3n) is 3.02. The number of aliphatic hydroxyl groups is 2. The number of rotatable bonds is 2. The molecule has 0 radical (unpaired) electrons. The van der Waals surface area contributed by atoms with E-state index in [0.29, 0.717) is 5.56 Å². The number of piperidine rings is 1. The summed E-state index contributed by atoms with van der Waals surface area (Å²) in [6, 6.07) is 4.46. The van der Waals surface area contributed by atoms with E-state index in [-0.39, 0.29) is 18.5 Å². The van der Waals surface area contributed by atoms with Crippen LogP contribution in [-0.4, -0.2) is 29.4 Å². The fourth-order valence-electron chi connectivity index (χ4n) is 2.10. The molecule has 88 valence electrons. The van der Waals surface area contributed by atoms with Crippen molar-refractivity contribution in [3.05, 3.63) is 29.6 Å². The standard InChI is InChI=1S/C12H16FNO2/c13-10-1-2-12(9(7-10)8-15)14-5-3-11(16)4-6-14/h1-2,7,11,15-16H,3-6,8H2. The number of benzene rings is 1. The highest BCUT2D eigenvalue weighted by Crippen LogP contribution is 2.25. The SMILES string of the molecule is OCc1cc(F)ccc1N1CCC(O)CC1. The maximum Gasteiger partial charge on any atom is 0.123 e. The first kappa shape index (κ1) is 11.4. The molecule has 0 bridgehead atoms. The van der Waals surface area contributed by atoms with Gasteiger partial charge in [-0.15, -0.1) is 0 Å². The van der Waals surface area contributed by atoms with Gasteiger partial charge in [0.25, 0.3) is 0 Å². The van der Waals surface area contributed by atoms with Gasteiger partial charge in [0.1, 0.15) is 5.82 Å². The summed E-state index contributed by atoms with van der Waals surface area (Å²) < 4.78 is 13.0. The van der Waals surface area contributed by atoms with Crippen LogP contribution in [0.15, 0.2) is 18.2 Å². The molecule has 4 heteroatoms. The van der Waals surface area contributed by atoms with E-state index in [1.54, 1.807) is 6.07 Å². The summed E-state index contributed by atoms with van der Waals surface area (Å²) in [4.78, 5) is 2.08. The first-order valence-electron chi connectivity index (χ1n) is 5.53. The molecular weight excluding hydrogens is 209 g/mol. The van der Waals surface area contributed by atoms with Crippen LogP contribution in [0.5, 0.6) is 0 Å². The van der Waals surface area contributed by atoms with Crippen LogP contribution < -0.4 is 4.90 Å². The number of hydrogen-bond donors (Lipinski definition) is 2. The first-order chi connectivity index (χ1) is 7.70. The van der Waals surface area contributed by atoms with Crippen molar-refractivity contribution < 1.29 is 14.6 Å². The number of hydrogen-bond acceptors (Lipinski definition) is 3. The Balaban J connectivity index is 2.19. The van der Waals surface area contributed by atoms with Crippen molar-refractivity contribution in [3.63, 3.8) is 0 Å². The van der Waals surface area contributed by atoms with Crippen LogP contribution in [0.3, 0.4) is 0 Å². The third-order valence-corrected chi connectivity index (χ3v) is 3.02. The average Bonchev–Trinajstić information content (AvgIpc) is 2.30. The smallest absolute Gasteiger partial charge is 0.123 e. The second kappa shape index (κ2) is 4.80. The van der Waals surface area contributed by atoms with Crippen LogP contribution in [0.2, 0.25) is 0 Å². The van der Waals surface area contributed by atoms with Crippen LogP contribution in [0.1, 0.15) is 18.4 Å². The summed E-state index contributed by atoms with van der Waals surface area (Å²) in [6.07, 6.45) is 1.22. The van der Waals surface area contributed by atoms with Gasteiger partial charge in [-0.2, -0.15) is 0 Å². The molecule has 1 aliphatic heterocycles. The molecule has 1 heterocycles. The lowest BCUT2D eigenvalue weighted by Gasteiger charge is -2.32. The van der Waals surface area contributed by atoms with Crippen LogP contribution in [0, 0.1) is 5.82 Å². The summed E-state index contributed by atoms with van der Waals surface area (Å²) in [7, 11) is 0. The molecule has 0 atom stereocenters. The van der Waals surface area contributed by atoms with Crippen molar-refractivity contribution in [2.45, 2.75) is 25.6 Å². The van der Waals surface area contributed by atoms with E-state index in [9.17, 15) is 14.6 Å². The summed E-state index contributed by atoms with van der Waals surface area (Å²) in [5.41, 5.74) is 1.48. The zero-order valence-corrected chi connectivity index (χ0v) is 9.06. The molecule has 0 unspecified atom stereocenters. The molecule has 1 fully saturated rings. The molecule has 0 aliphatic carbocycles. The molecule has 0 amide bonds. The maximum absolute atomic E-state index is 13.0. The van der Waals surface area contributed by atoms with E-state index in [0.717, 1.165) is 31.6 Å². The van der Waals surface area contributed by atoms with Gasteiger partial charge in [0, 0.05) is 24.3 Å². The highest BCUT2D eigenvalue weighted by Gasteiger charge is 2.19. The van der Waals surface area contributed by atoms with E-state index >= 15 is 0 Å². The summed E-state index contributed by atoms with van der Waals surface area (Å²) >= 11 is 0. The maximum atomic E-state index is 13.0. The molecule has 1 aromatic carbocycles. The molecule has 16 heavy (non-hydrogen) atoms. The largest absolute Gasteiger partial charge is 0.393 e. The molecule has 1 aliphatic rings. The lowest BCUT2D eigenvalue weighted by atomic mass is 10.1. The summed E-state index contributed by atoms with van der Waals surface area (Å²) in [5.74, 6) is -0.329. The van der Waals surface area contributed by atoms with Gasteiger partial charge < -0.3 is 15.1 Å². The lowest BCUT2D eigenvalue weighted by molar-refractivity contribution is 0.145. The molecule has 0 aromatic heterocycles. The van der Waals surface area contributed by atoms with Crippen molar-refractivity contribution >= 4 is 5.69 Å². The molecule has 2 N–H and O–H groups in total. The monoisotopic (exact) mass is 225 g/mol. The van der Waals surface area contributed by atoms with Crippen molar-refractivity contribution in [2.24, 2.45) is 0 Å². The van der Waals surface area contributed by atoms with Gasteiger partial charge in [0.05, 0.1) is 12.7 Å². The van der Waals surface area contributed by atoms with E-state index in [4.69, 9.17) is 0 Å². The van der Waals surface area contributed by atoms with Gasteiger partial charge in [-0.05, 0) is 31.0 Å². The normalized spacial score (nSPS) is 17.8. The van der Waals surface area contributed by atoms with Gasteiger partial charge in [0.2, 0.25) is 0 Å². The minimum absolute atomic E-state index is 0.161. The lowest BCUT2D eigenvalue weighted by Crippen LogP contribution is -2.36. The molecule has 2 rings (SSSR count). The Labute approximate surface area is 94.1 Å². The van der Waals surface area contributed by atoms with Crippen molar-refractivity contribution in [1.29, 1.82) is 0 Å². The topological polar surface area (TPSA) is 43.7 Å².